The number of esters is 1. The van der Waals surface area contributed by atoms with Gasteiger partial charge in [-0.2, -0.15) is 5.10 Å². The number of benzene rings is 1. The average molecular weight is 444 g/mol. The fraction of sp³-hybridized carbons (Fsp3) is 0.542. The largest absolute Gasteiger partial charge is 0.461 e. The van der Waals surface area contributed by atoms with Crippen molar-refractivity contribution < 1.29 is 23.5 Å². The topological polar surface area (TPSA) is 82.5 Å². The van der Waals surface area contributed by atoms with E-state index in [1.165, 1.54) is 18.2 Å². The van der Waals surface area contributed by atoms with Crippen LogP contribution >= 0.6 is 0 Å². The van der Waals surface area contributed by atoms with E-state index in [0.29, 0.717) is 44.7 Å². The van der Waals surface area contributed by atoms with Gasteiger partial charge in [-0.05, 0) is 56.7 Å². The zero-order chi connectivity index (χ0) is 22.6. The maximum absolute atomic E-state index is 13.4. The second kappa shape index (κ2) is 9.81. The quantitative estimate of drug-likeness (QED) is 0.693. The van der Waals surface area contributed by atoms with Crippen LogP contribution in [0.2, 0.25) is 0 Å². The Balaban J connectivity index is 1.50. The number of nitrogens with zero attached hydrogens (tertiary/aromatic N) is 2. The first-order chi connectivity index (χ1) is 15.5. The van der Waals surface area contributed by atoms with Gasteiger partial charge < -0.3 is 14.8 Å². The second-order valence-electron chi connectivity index (χ2n) is 8.69. The first kappa shape index (κ1) is 22.5. The number of carbonyl (C=O) groups is 2. The van der Waals surface area contributed by atoms with E-state index >= 15 is 0 Å². The number of carbonyl (C=O) groups excluding carboxylic acids is 2. The van der Waals surface area contributed by atoms with Crippen LogP contribution in [0.25, 0.3) is 0 Å². The molecule has 1 aromatic carbocycles. The van der Waals surface area contributed by atoms with Crippen molar-refractivity contribution in [3.05, 3.63) is 52.6 Å². The van der Waals surface area contributed by atoms with E-state index in [1.807, 2.05) is 11.6 Å². The summed E-state index contributed by atoms with van der Waals surface area (Å²) >= 11 is 0. The predicted octanol–water partition coefficient (Wildman–Crippen LogP) is 3.30. The maximum Gasteiger partial charge on any atom is 0.338 e. The van der Waals surface area contributed by atoms with Crippen molar-refractivity contribution in [1.29, 1.82) is 0 Å². The number of amides is 1. The zero-order valence-electron chi connectivity index (χ0n) is 18.5. The molecule has 2 aromatic rings. The molecule has 1 amide bonds. The molecule has 0 radical (unpaired) electrons. The Labute approximate surface area is 187 Å². The predicted molar refractivity (Wildman–Crippen MR) is 116 cm³/mol. The molecule has 0 atom stereocenters. The molecule has 7 nitrogen and oxygen atoms in total. The zero-order valence-corrected chi connectivity index (χ0v) is 18.5. The van der Waals surface area contributed by atoms with Crippen LogP contribution in [-0.2, 0) is 28.9 Å². The van der Waals surface area contributed by atoms with Crippen LogP contribution in [0.15, 0.2) is 24.3 Å². The van der Waals surface area contributed by atoms with E-state index in [-0.39, 0.29) is 23.5 Å². The van der Waals surface area contributed by atoms with E-state index in [1.54, 1.807) is 6.07 Å². The average Bonchev–Trinajstić information content (AvgIpc) is 3.47. The molecular formula is C24H30FN3O4. The van der Waals surface area contributed by atoms with Gasteiger partial charge in [-0.15, -0.1) is 0 Å². The number of aryl methyl sites for hydroxylation is 1. The number of aromatic nitrogens is 2. The van der Waals surface area contributed by atoms with Gasteiger partial charge in [-0.1, -0.05) is 13.0 Å². The van der Waals surface area contributed by atoms with Crippen LogP contribution in [-0.4, -0.2) is 48.0 Å². The third-order valence-corrected chi connectivity index (χ3v) is 6.16. The molecule has 32 heavy (non-hydrogen) atoms. The van der Waals surface area contributed by atoms with Crippen molar-refractivity contribution in [2.24, 2.45) is 5.41 Å². The number of hydrogen-bond acceptors (Lipinski definition) is 5. The lowest BCUT2D eigenvalue weighted by atomic mass is 10.1. The van der Waals surface area contributed by atoms with Gasteiger partial charge in [0.2, 0.25) is 0 Å². The molecule has 8 heteroatoms. The summed E-state index contributed by atoms with van der Waals surface area (Å²) in [6.45, 7) is 4.70. The number of hydrogen-bond donors (Lipinski definition) is 1. The number of fused-ring (bicyclic) bond motifs is 1. The van der Waals surface area contributed by atoms with Crippen molar-refractivity contribution in [1.82, 2.24) is 15.1 Å². The Morgan fingerprint density at radius 1 is 1.31 bits per heavy atom. The molecule has 1 fully saturated rings. The molecule has 0 unspecified atom stereocenters. The fourth-order valence-electron chi connectivity index (χ4n) is 4.11. The van der Waals surface area contributed by atoms with Crippen LogP contribution < -0.4 is 5.32 Å². The Morgan fingerprint density at radius 3 is 2.88 bits per heavy atom. The Kier molecular flexibility index (Phi) is 6.89. The van der Waals surface area contributed by atoms with Crippen molar-refractivity contribution in [3.63, 3.8) is 0 Å². The van der Waals surface area contributed by atoms with E-state index in [2.05, 4.69) is 5.32 Å². The Hall–Kier alpha value is -2.74. The third-order valence-electron chi connectivity index (χ3n) is 6.16. The van der Waals surface area contributed by atoms with Gasteiger partial charge in [0.05, 0.1) is 35.7 Å². The summed E-state index contributed by atoms with van der Waals surface area (Å²) < 4.78 is 26.5. The Bertz CT molecular complexity index is 984. The van der Waals surface area contributed by atoms with Gasteiger partial charge in [0.15, 0.2) is 0 Å². The summed E-state index contributed by atoms with van der Waals surface area (Å²) in [5.41, 5.74) is 2.41. The molecule has 1 saturated carbocycles. The Morgan fingerprint density at radius 2 is 2.12 bits per heavy atom. The summed E-state index contributed by atoms with van der Waals surface area (Å²) in [5.74, 6) is -1.07. The van der Waals surface area contributed by atoms with Gasteiger partial charge in [-0.3, -0.25) is 9.48 Å². The van der Waals surface area contributed by atoms with Gasteiger partial charge in [0, 0.05) is 25.2 Å². The molecule has 1 aliphatic carbocycles. The highest BCUT2D eigenvalue weighted by Crippen LogP contribution is 2.47. The summed E-state index contributed by atoms with van der Waals surface area (Å²) in [5, 5.41) is 7.77. The van der Waals surface area contributed by atoms with Gasteiger partial charge in [0.1, 0.15) is 5.82 Å². The summed E-state index contributed by atoms with van der Waals surface area (Å²) in [6, 6.07) is 5.52. The molecule has 172 valence electrons. The van der Waals surface area contributed by atoms with E-state index in [0.717, 1.165) is 37.1 Å². The SMILES string of the molecule is CCc1nn(CC2(COC(=O)c3cccc(F)c3)CC2)c2c1C(=O)NCCCOCCC2. The smallest absolute Gasteiger partial charge is 0.338 e. The molecular weight excluding hydrogens is 413 g/mol. The highest BCUT2D eigenvalue weighted by molar-refractivity contribution is 5.96. The van der Waals surface area contributed by atoms with Crippen LogP contribution in [0.3, 0.4) is 0 Å². The standard InChI is InChI=1S/C24H30FN3O4/c1-2-19-21-20(8-4-12-31-13-5-11-26-22(21)29)28(27-19)15-24(9-10-24)16-32-23(30)17-6-3-7-18(25)14-17/h3,6-7,14H,2,4-5,8-13,15-16H2,1H3,(H,26,29). The fourth-order valence-corrected chi connectivity index (χ4v) is 4.11. The molecule has 0 spiro atoms. The lowest BCUT2D eigenvalue weighted by Crippen LogP contribution is -2.27. The maximum atomic E-state index is 13.4. The lowest BCUT2D eigenvalue weighted by molar-refractivity contribution is 0.0395. The molecule has 0 bridgehead atoms. The molecule has 4 rings (SSSR count). The molecule has 0 saturated heterocycles. The second-order valence-corrected chi connectivity index (χ2v) is 8.69. The van der Waals surface area contributed by atoms with Crippen LogP contribution in [0, 0.1) is 11.2 Å². The van der Waals surface area contributed by atoms with E-state index in [9.17, 15) is 14.0 Å². The highest BCUT2D eigenvalue weighted by atomic mass is 19.1. The minimum atomic E-state index is -0.527. The number of halogens is 1. The first-order valence-electron chi connectivity index (χ1n) is 11.4. The lowest BCUT2D eigenvalue weighted by Gasteiger charge is -2.18. The van der Waals surface area contributed by atoms with Crippen LogP contribution in [0.1, 0.15) is 64.7 Å². The normalized spacial score (nSPS) is 18.2. The summed E-state index contributed by atoms with van der Waals surface area (Å²) in [6.07, 6.45) is 4.80. The number of ether oxygens (including phenoxy) is 2. The third kappa shape index (κ3) is 5.18. The minimum Gasteiger partial charge on any atom is -0.461 e. The van der Waals surface area contributed by atoms with E-state index in [4.69, 9.17) is 14.6 Å². The number of rotatable bonds is 6. The molecule has 2 heterocycles. The van der Waals surface area contributed by atoms with Crippen molar-refractivity contribution in [2.45, 2.75) is 52.0 Å². The van der Waals surface area contributed by atoms with Crippen molar-refractivity contribution in [2.75, 3.05) is 26.4 Å². The highest BCUT2D eigenvalue weighted by Gasteiger charge is 2.45. The van der Waals surface area contributed by atoms with Gasteiger partial charge >= 0.3 is 5.97 Å². The van der Waals surface area contributed by atoms with Crippen molar-refractivity contribution >= 4 is 11.9 Å². The molecule has 1 aliphatic heterocycles. The van der Waals surface area contributed by atoms with Crippen LogP contribution in [0.5, 0.6) is 0 Å². The van der Waals surface area contributed by atoms with Gasteiger partial charge in [-0.25, -0.2) is 9.18 Å². The monoisotopic (exact) mass is 443 g/mol. The molecule has 2 aliphatic rings. The first-order valence-corrected chi connectivity index (χ1v) is 11.4. The molecule has 1 aromatic heterocycles. The number of nitrogens with one attached hydrogen (secondary N) is 1. The van der Waals surface area contributed by atoms with Crippen LogP contribution in [0.4, 0.5) is 4.39 Å². The van der Waals surface area contributed by atoms with Gasteiger partial charge in [0.25, 0.3) is 5.91 Å². The van der Waals surface area contributed by atoms with E-state index < -0.39 is 11.8 Å². The minimum absolute atomic E-state index is 0.0765. The van der Waals surface area contributed by atoms with Crippen molar-refractivity contribution in [3.8, 4) is 0 Å². The summed E-state index contributed by atoms with van der Waals surface area (Å²) in [4.78, 5) is 25.3. The molecule has 1 N–H and O–H groups in total. The summed E-state index contributed by atoms with van der Waals surface area (Å²) in [7, 11) is 0.